The summed E-state index contributed by atoms with van der Waals surface area (Å²) in [7, 11) is 1.85. The molecule has 0 amide bonds. The average molecular weight is 328 g/mol. The minimum absolute atomic E-state index is 0.185. The Morgan fingerprint density at radius 1 is 1.48 bits per heavy atom. The quantitative estimate of drug-likeness (QED) is 0.351. The van der Waals surface area contributed by atoms with Gasteiger partial charge in [-0.25, -0.2) is 0 Å². The first-order chi connectivity index (χ1) is 11.1. The monoisotopic (exact) mass is 328 g/mol. The topological polar surface area (TPSA) is 76.1 Å². The second-order valence-electron chi connectivity index (χ2n) is 5.30. The van der Waals surface area contributed by atoms with Gasteiger partial charge in [0.05, 0.1) is 12.2 Å². The second kappa shape index (κ2) is 8.62. The van der Waals surface area contributed by atoms with Crippen LogP contribution in [0.1, 0.15) is 17.3 Å². The summed E-state index contributed by atoms with van der Waals surface area (Å²) >= 11 is 1.80. The molecule has 1 aromatic rings. The molecule has 2 rings (SSSR count). The molecule has 1 aliphatic heterocycles. The molecule has 1 aromatic carbocycles. The van der Waals surface area contributed by atoms with Crippen LogP contribution in [0, 0.1) is 0 Å². The third kappa shape index (κ3) is 5.32. The van der Waals surface area contributed by atoms with Gasteiger partial charge in [-0.1, -0.05) is 30.9 Å². The highest BCUT2D eigenvalue weighted by atomic mass is 32.2. The summed E-state index contributed by atoms with van der Waals surface area (Å²) in [6.07, 6.45) is 11.8. The Labute approximate surface area is 142 Å². The molecule has 5 heteroatoms. The fourth-order valence-corrected chi connectivity index (χ4v) is 3.18. The molecule has 23 heavy (non-hydrogen) atoms. The van der Waals surface area contributed by atoms with Gasteiger partial charge >= 0.3 is 0 Å². The van der Waals surface area contributed by atoms with Gasteiger partial charge in [-0.3, -0.25) is 0 Å². The van der Waals surface area contributed by atoms with Crippen molar-refractivity contribution in [1.82, 2.24) is 10.6 Å². The van der Waals surface area contributed by atoms with Gasteiger partial charge in [-0.05, 0) is 48.7 Å². The lowest BCUT2D eigenvalue weighted by Gasteiger charge is -2.17. The number of thioether (sulfide) groups is 1. The van der Waals surface area contributed by atoms with Crippen LogP contribution in [0.15, 0.2) is 65.9 Å². The summed E-state index contributed by atoms with van der Waals surface area (Å²) in [6, 6.07) is 6.60. The Hall–Kier alpha value is -1.95. The Balaban J connectivity index is 2.17. The van der Waals surface area contributed by atoms with Crippen molar-refractivity contribution in [3.63, 3.8) is 0 Å². The van der Waals surface area contributed by atoms with Crippen molar-refractivity contribution < 1.29 is 0 Å². The van der Waals surface area contributed by atoms with Crippen LogP contribution < -0.4 is 22.1 Å². The number of dihydropyridines is 1. The van der Waals surface area contributed by atoms with Gasteiger partial charge in [-0.15, -0.1) is 11.8 Å². The molecule has 0 aliphatic carbocycles. The minimum Gasteiger partial charge on any atom is -0.399 e. The van der Waals surface area contributed by atoms with E-state index in [0.717, 1.165) is 16.9 Å². The zero-order chi connectivity index (χ0) is 16.7. The summed E-state index contributed by atoms with van der Waals surface area (Å²) in [5.74, 6) is 0.947. The molecule has 122 valence electrons. The highest BCUT2D eigenvalue weighted by Gasteiger charge is 2.10. The molecule has 0 spiro atoms. The van der Waals surface area contributed by atoms with Crippen molar-refractivity contribution in [2.45, 2.75) is 17.1 Å². The van der Waals surface area contributed by atoms with Crippen LogP contribution in [0.25, 0.3) is 6.08 Å². The van der Waals surface area contributed by atoms with Crippen molar-refractivity contribution >= 4 is 17.8 Å². The SMILES string of the molecule is C=C(N)/C=C\c1cc(C(N)NC)ccc1SCC1C=CC=CN1. The molecule has 6 N–H and O–H groups in total. The lowest BCUT2D eigenvalue weighted by molar-refractivity contribution is 0.622. The summed E-state index contributed by atoms with van der Waals surface area (Å²) in [5.41, 5.74) is 14.4. The van der Waals surface area contributed by atoms with E-state index in [1.165, 1.54) is 4.90 Å². The molecule has 0 aromatic heterocycles. The Morgan fingerprint density at radius 2 is 2.30 bits per heavy atom. The van der Waals surface area contributed by atoms with E-state index in [1.807, 2.05) is 31.5 Å². The third-order valence-electron chi connectivity index (χ3n) is 3.46. The van der Waals surface area contributed by atoms with E-state index in [2.05, 4.69) is 47.6 Å². The van der Waals surface area contributed by atoms with Crippen molar-refractivity contribution in [3.8, 4) is 0 Å². The van der Waals surface area contributed by atoms with Gasteiger partial charge in [-0.2, -0.15) is 0 Å². The van der Waals surface area contributed by atoms with Gasteiger partial charge in [0.15, 0.2) is 0 Å². The first-order valence-electron chi connectivity index (χ1n) is 7.51. The van der Waals surface area contributed by atoms with Gasteiger partial charge in [0, 0.05) is 16.3 Å². The molecule has 1 heterocycles. The lowest BCUT2D eigenvalue weighted by atomic mass is 10.1. The number of rotatable bonds is 7. The molecule has 0 saturated carbocycles. The number of hydrogen-bond acceptors (Lipinski definition) is 5. The van der Waals surface area contributed by atoms with Crippen molar-refractivity contribution in [2.75, 3.05) is 12.8 Å². The van der Waals surface area contributed by atoms with Gasteiger partial charge in [0.2, 0.25) is 0 Å². The van der Waals surface area contributed by atoms with Gasteiger partial charge < -0.3 is 22.1 Å². The van der Waals surface area contributed by atoms with Gasteiger partial charge in [0.25, 0.3) is 0 Å². The molecule has 2 unspecified atom stereocenters. The molecule has 0 radical (unpaired) electrons. The maximum absolute atomic E-state index is 6.05. The summed E-state index contributed by atoms with van der Waals surface area (Å²) in [4.78, 5) is 1.19. The molecule has 0 bridgehead atoms. The van der Waals surface area contributed by atoms with E-state index in [9.17, 15) is 0 Å². The van der Waals surface area contributed by atoms with E-state index in [1.54, 1.807) is 11.8 Å². The third-order valence-corrected chi connectivity index (χ3v) is 4.67. The van der Waals surface area contributed by atoms with Gasteiger partial charge in [0.1, 0.15) is 0 Å². The summed E-state index contributed by atoms with van der Waals surface area (Å²) in [5, 5.41) is 6.38. The molecule has 4 nitrogen and oxygen atoms in total. The van der Waals surface area contributed by atoms with Crippen LogP contribution in [0.2, 0.25) is 0 Å². The number of hydrogen-bond donors (Lipinski definition) is 4. The first kappa shape index (κ1) is 17.4. The second-order valence-corrected chi connectivity index (χ2v) is 6.36. The molecule has 1 aliphatic rings. The number of benzene rings is 1. The summed E-state index contributed by atoms with van der Waals surface area (Å²) in [6.45, 7) is 3.71. The van der Waals surface area contributed by atoms with Crippen LogP contribution in [0.4, 0.5) is 0 Å². The van der Waals surface area contributed by atoms with E-state index >= 15 is 0 Å². The largest absolute Gasteiger partial charge is 0.399 e. The normalized spacial score (nSPS) is 18.1. The highest BCUT2D eigenvalue weighted by Crippen LogP contribution is 2.27. The number of nitrogens with one attached hydrogen (secondary N) is 2. The fraction of sp³-hybridized carbons (Fsp3) is 0.222. The standard InChI is InChI=1S/C18H24N4S/c1-13(19)6-7-14-11-15(18(20)21-2)8-9-17(14)23-12-16-5-3-4-10-22-16/h3-11,16,18,21-22H,1,12,19-20H2,2H3/b7-6-. The molecular weight excluding hydrogens is 304 g/mol. The number of nitrogens with two attached hydrogens (primary N) is 2. The Bertz CT molecular complexity index is 634. The Morgan fingerprint density at radius 3 is 2.96 bits per heavy atom. The molecule has 2 atom stereocenters. The van der Waals surface area contributed by atoms with Crippen LogP contribution in [0.3, 0.4) is 0 Å². The highest BCUT2D eigenvalue weighted by molar-refractivity contribution is 7.99. The lowest BCUT2D eigenvalue weighted by Crippen LogP contribution is -2.26. The molecular formula is C18H24N4S. The average Bonchev–Trinajstić information content (AvgIpc) is 2.58. The predicted octanol–water partition coefficient (Wildman–Crippen LogP) is 2.48. The predicted molar refractivity (Wildman–Crippen MR) is 101 cm³/mol. The van der Waals surface area contributed by atoms with E-state index < -0.39 is 0 Å². The number of allylic oxidation sites excluding steroid dienone is 3. The van der Waals surface area contributed by atoms with E-state index in [-0.39, 0.29) is 6.17 Å². The van der Waals surface area contributed by atoms with Crippen LogP contribution in [0.5, 0.6) is 0 Å². The zero-order valence-electron chi connectivity index (χ0n) is 13.3. The van der Waals surface area contributed by atoms with Crippen molar-refractivity contribution in [2.24, 2.45) is 11.5 Å². The zero-order valence-corrected chi connectivity index (χ0v) is 14.1. The van der Waals surface area contributed by atoms with E-state index in [0.29, 0.717) is 11.7 Å². The van der Waals surface area contributed by atoms with Crippen molar-refractivity contribution in [3.05, 3.63) is 72.1 Å². The van der Waals surface area contributed by atoms with Crippen molar-refractivity contribution in [1.29, 1.82) is 0 Å². The summed E-state index contributed by atoms with van der Waals surface area (Å²) < 4.78 is 0. The Kier molecular flexibility index (Phi) is 6.52. The molecule has 0 fully saturated rings. The van der Waals surface area contributed by atoms with E-state index in [4.69, 9.17) is 11.5 Å². The fourth-order valence-electron chi connectivity index (χ4n) is 2.16. The smallest absolute Gasteiger partial charge is 0.0807 e. The maximum atomic E-state index is 6.05. The minimum atomic E-state index is -0.185. The first-order valence-corrected chi connectivity index (χ1v) is 8.50. The molecule has 0 saturated heterocycles. The van der Waals surface area contributed by atoms with Crippen LogP contribution >= 0.6 is 11.8 Å². The van der Waals surface area contributed by atoms with Crippen LogP contribution in [-0.4, -0.2) is 18.8 Å². The van der Waals surface area contributed by atoms with Crippen LogP contribution in [-0.2, 0) is 0 Å². The maximum Gasteiger partial charge on any atom is 0.0807 e.